The highest BCUT2D eigenvalue weighted by Gasteiger charge is 2.25. The predicted molar refractivity (Wildman–Crippen MR) is 85.8 cm³/mol. The predicted octanol–water partition coefficient (Wildman–Crippen LogP) is 1.97. The summed E-state index contributed by atoms with van der Waals surface area (Å²) in [6, 6.07) is 8.00. The Balaban J connectivity index is 1.86. The Morgan fingerprint density at radius 3 is 2.32 bits per heavy atom. The van der Waals surface area contributed by atoms with Crippen molar-refractivity contribution in [1.29, 1.82) is 0 Å². The first-order valence-corrected chi connectivity index (χ1v) is 7.74. The number of carbonyl (C=O) groups excluding carboxylic acids is 2. The zero-order valence-corrected chi connectivity index (χ0v) is 13.1. The number of rotatable bonds is 2. The van der Waals surface area contributed by atoms with E-state index in [4.69, 9.17) is 0 Å². The molecule has 0 atom stereocenters. The van der Waals surface area contributed by atoms with Crippen LogP contribution in [0, 0.1) is 0 Å². The molecule has 0 saturated carbocycles. The largest absolute Gasteiger partial charge is 0.347 e. The van der Waals surface area contributed by atoms with Crippen molar-refractivity contribution in [3.63, 3.8) is 0 Å². The molecule has 5 heteroatoms. The number of benzene rings is 1. The topological polar surface area (TPSA) is 45.6 Å². The van der Waals surface area contributed by atoms with E-state index in [-0.39, 0.29) is 11.8 Å². The number of hydrogen-bond acceptors (Lipinski definition) is 2. The van der Waals surface area contributed by atoms with Crippen LogP contribution in [0.4, 0.5) is 0 Å². The Hall–Kier alpha value is -2.30. The Bertz CT molecular complexity index is 712. The van der Waals surface area contributed by atoms with E-state index < -0.39 is 0 Å². The molecule has 116 valence electrons. The average Bonchev–Trinajstić information content (AvgIpc) is 2.93. The number of carbonyl (C=O) groups is 2. The Morgan fingerprint density at radius 2 is 1.68 bits per heavy atom. The summed E-state index contributed by atoms with van der Waals surface area (Å²) in [5.41, 5.74) is 1.85. The maximum absolute atomic E-state index is 12.8. The quantitative estimate of drug-likeness (QED) is 0.851. The highest BCUT2D eigenvalue weighted by molar-refractivity contribution is 6.07. The van der Waals surface area contributed by atoms with Crippen LogP contribution in [0.1, 0.15) is 24.2 Å². The minimum Gasteiger partial charge on any atom is -0.347 e. The van der Waals surface area contributed by atoms with Crippen LogP contribution in [-0.2, 0) is 11.3 Å². The van der Waals surface area contributed by atoms with Crippen LogP contribution >= 0.6 is 0 Å². The van der Waals surface area contributed by atoms with Crippen LogP contribution in [-0.4, -0.2) is 52.4 Å². The molecule has 2 aromatic rings. The lowest BCUT2D eigenvalue weighted by atomic mass is 10.1. The number of fused-ring (bicyclic) bond motifs is 1. The summed E-state index contributed by atoms with van der Waals surface area (Å²) < 4.78 is 2.11. The molecule has 1 aliphatic heterocycles. The minimum atomic E-state index is 0.0617. The van der Waals surface area contributed by atoms with Gasteiger partial charge >= 0.3 is 0 Å². The first kappa shape index (κ1) is 14.6. The standard InChI is InChI=1S/C17H21N3O2/c1-3-18-12-15(14-6-4-5-7-16(14)18)17(22)20-10-8-19(9-11-20)13(2)21/h4-7,12H,3,8-11H2,1-2H3. The van der Waals surface area contributed by atoms with Gasteiger partial charge in [0.05, 0.1) is 5.56 Å². The highest BCUT2D eigenvalue weighted by Crippen LogP contribution is 2.23. The third-order valence-corrected chi connectivity index (χ3v) is 4.37. The lowest BCUT2D eigenvalue weighted by Gasteiger charge is -2.34. The summed E-state index contributed by atoms with van der Waals surface area (Å²) in [6.07, 6.45) is 1.95. The number of amides is 2. The Morgan fingerprint density at radius 1 is 1.05 bits per heavy atom. The van der Waals surface area contributed by atoms with E-state index in [2.05, 4.69) is 11.5 Å². The van der Waals surface area contributed by atoms with Crippen molar-refractivity contribution in [1.82, 2.24) is 14.4 Å². The van der Waals surface area contributed by atoms with Gasteiger partial charge < -0.3 is 14.4 Å². The maximum Gasteiger partial charge on any atom is 0.256 e. The van der Waals surface area contributed by atoms with Gasteiger partial charge in [0.25, 0.3) is 5.91 Å². The van der Waals surface area contributed by atoms with Crippen molar-refractivity contribution < 1.29 is 9.59 Å². The fourth-order valence-electron chi connectivity index (χ4n) is 3.07. The minimum absolute atomic E-state index is 0.0617. The molecule has 1 aromatic heterocycles. The maximum atomic E-state index is 12.8. The van der Waals surface area contributed by atoms with Crippen LogP contribution in [0.5, 0.6) is 0 Å². The Kier molecular flexibility index (Phi) is 3.88. The number of para-hydroxylation sites is 1. The first-order valence-electron chi connectivity index (χ1n) is 7.74. The Labute approximate surface area is 130 Å². The molecule has 0 aliphatic carbocycles. The molecule has 1 aromatic carbocycles. The summed E-state index contributed by atoms with van der Waals surface area (Å²) in [5, 5.41) is 1.00. The fraction of sp³-hybridized carbons (Fsp3) is 0.412. The van der Waals surface area contributed by atoms with Gasteiger partial charge in [0.1, 0.15) is 0 Å². The molecule has 22 heavy (non-hydrogen) atoms. The van der Waals surface area contributed by atoms with Crippen molar-refractivity contribution in [2.75, 3.05) is 26.2 Å². The van der Waals surface area contributed by atoms with E-state index >= 15 is 0 Å². The molecular weight excluding hydrogens is 278 g/mol. The van der Waals surface area contributed by atoms with Gasteiger partial charge in [0.2, 0.25) is 5.91 Å². The summed E-state index contributed by atoms with van der Waals surface area (Å²) >= 11 is 0. The van der Waals surface area contributed by atoms with E-state index in [1.807, 2.05) is 35.4 Å². The second-order valence-corrected chi connectivity index (χ2v) is 5.64. The van der Waals surface area contributed by atoms with Gasteiger partial charge in [0.15, 0.2) is 0 Å². The van der Waals surface area contributed by atoms with Gasteiger partial charge in [-0.2, -0.15) is 0 Å². The van der Waals surface area contributed by atoms with Crippen LogP contribution in [0.25, 0.3) is 10.9 Å². The molecule has 0 radical (unpaired) electrons. The van der Waals surface area contributed by atoms with Crippen molar-refractivity contribution in [2.45, 2.75) is 20.4 Å². The van der Waals surface area contributed by atoms with E-state index in [0.717, 1.165) is 23.0 Å². The average molecular weight is 299 g/mol. The van der Waals surface area contributed by atoms with Gasteiger partial charge in [0, 0.05) is 56.7 Å². The molecule has 5 nitrogen and oxygen atoms in total. The van der Waals surface area contributed by atoms with Crippen molar-refractivity contribution in [2.24, 2.45) is 0 Å². The monoisotopic (exact) mass is 299 g/mol. The molecule has 0 bridgehead atoms. The van der Waals surface area contributed by atoms with Crippen molar-refractivity contribution in [3.8, 4) is 0 Å². The van der Waals surface area contributed by atoms with Crippen LogP contribution in [0.3, 0.4) is 0 Å². The van der Waals surface area contributed by atoms with Crippen molar-refractivity contribution >= 4 is 22.7 Å². The van der Waals surface area contributed by atoms with E-state index in [1.54, 1.807) is 11.8 Å². The smallest absolute Gasteiger partial charge is 0.256 e. The molecule has 0 unspecified atom stereocenters. The van der Waals surface area contributed by atoms with Crippen LogP contribution < -0.4 is 0 Å². The number of nitrogens with zero attached hydrogens (tertiary/aromatic N) is 3. The summed E-state index contributed by atoms with van der Waals surface area (Å²) in [6.45, 7) is 6.93. The molecular formula is C17H21N3O2. The number of aryl methyl sites for hydroxylation is 1. The normalized spacial score (nSPS) is 15.4. The second-order valence-electron chi connectivity index (χ2n) is 5.64. The lowest BCUT2D eigenvalue weighted by molar-refractivity contribution is -0.130. The fourth-order valence-corrected chi connectivity index (χ4v) is 3.07. The molecule has 2 amide bonds. The molecule has 1 fully saturated rings. The van der Waals surface area contributed by atoms with Crippen LogP contribution in [0.2, 0.25) is 0 Å². The molecule has 1 aliphatic rings. The SMILES string of the molecule is CCn1cc(C(=O)N2CCN(C(C)=O)CC2)c2ccccc21. The van der Waals surface area contributed by atoms with Crippen molar-refractivity contribution in [3.05, 3.63) is 36.0 Å². The van der Waals surface area contributed by atoms with Gasteiger partial charge in [-0.25, -0.2) is 0 Å². The summed E-state index contributed by atoms with van der Waals surface area (Å²) in [7, 11) is 0. The summed E-state index contributed by atoms with van der Waals surface area (Å²) in [4.78, 5) is 27.8. The van der Waals surface area contributed by atoms with Gasteiger partial charge in [-0.1, -0.05) is 18.2 Å². The first-order chi connectivity index (χ1) is 10.6. The number of aromatic nitrogens is 1. The zero-order chi connectivity index (χ0) is 15.7. The van der Waals surface area contributed by atoms with Crippen LogP contribution in [0.15, 0.2) is 30.5 Å². The lowest BCUT2D eigenvalue weighted by Crippen LogP contribution is -2.50. The second kappa shape index (κ2) is 5.83. The van der Waals surface area contributed by atoms with Gasteiger partial charge in [-0.15, -0.1) is 0 Å². The third kappa shape index (κ3) is 2.47. The highest BCUT2D eigenvalue weighted by atomic mass is 16.2. The summed E-state index contributed by atoms with van der Waals surface area (Å²) in [5.74, 6) is 0.140. The van der Waals surface area contributed by atoms with E-state index in [9.17, 15) is 9.59 Å². The van der Waals surface area contributed by atoms with E-state index in [1.165, 1.54) is 0 Å². The molecule has 2 heterocycles. The third-order valence-electron chi connectivity index (χ3n) is 4.37. The van der Waals surface area contributed by atoms with E-state index in [0.29, 0.717) is 26.2 Å². The van der Waals surface area contributed by atoms with Gasteiger partial charge in [-0.05, 0) is 13.0 Å². The molecule has 1 saturated heterocycles. The van der Waals surface area contributed by atoms with Gasteiger partial charge in [-0.3, -0.25) is 9.59 Å². The molecule has 3 rings (SSSR count). The number of hydrogen-bond donors (Lipinski definition) is 0. The zero-order valence-electron chi connectivity index (χ0n) is 13.1. The molecule has 0 N–H and O–H groups in total. The molecule has 0 spiro atoms. The number of piperazine rings is 1.